The topological polar surface area (TPSA) is 73.9 Å². The molecule has 0 unspecified atom stereocenters. The van der Waals surface area contributed by atoms with Gasteiger partial charge in [-0.2, -0.15) is 0 Å². The highest BCUT2D eigenvalue weighted by atomic mass is 16.6. The molecule has 22 heavy (non-hydrogen) atoms. The molecule has 0 atom stereocenters. The van der Waals surface area contributed by atoms with Crippen molar-refractivity contribution in [2.24, 2.45) is 0 Å². The Morgan fingerprint density at radius 3 is 2.45 bits per heavy atom. The van der Waals surface area contributed by atoms with Gasteiger partial charge < -0.3 is 14.2 Å². The molecule has 1 aromatic rings. The van der Waals surface area contributed by atoms with Crippen molar-refractivity contribution in [2.75, 3.05) is 12.4 Å². The van der Waals surface area contributed by atoms with Gasteiger partial charge in [-0.25, -0.2) is 9.59 Å². The van der Waals surface area contributed by atoms with Gasteiger partial charge in [-0.1, -0.05) is 0 Å². The van der Waals surface area contributed by atoms with Crippen molar-refractivity contribution >= 4 is 17.7 Å². The summed E-state index contributed by atoms with van der Waals surface area (Å²) in [4.78, 5) is 23.5. The number of amides is 1. The molecule has 0 spiro atoms. The van der Waals surface area contributed by atoms with E-state index in [1.54, 1.807) is 39.0 Å². The van der Waals surface area contributed by atoms with Crippen LogP contribution in [0, 0.1) is 0 Å². The summed E-state index contributed by atoms with van der Waals surface area (Å²) in [6.07, 6.45) is 1.49. The van der Waals surface area contributed by atoms with Crippen LogP contribution in [-0.4, -0.2) is 30.9 Å². The van der Waals surface area contributed by atoms with Crippen LogP contribution < -0.4 is 10.1 Å². The van der Waals surface area contributed by atoms with Crippen LogP contribution in [0.2, 0.25) is 0 Å². The number of nitrogens with one attached hydrogen (secondary N) is 1. The second-order valence-electron chi connectivity index (χ2n) is 6.15. The van der Waals surface area contributed by atoms with E-state index in [1.807, 2.05) is 0 Å². The van der Waals surface area contributed by atoms with Gasteiger partial charge in [-0.3, -0.25) is 5.32 Å². The lowest BCUT2D eigenvalue weighted by Crippen LogP contribution is -2.27. The number of methoxy groups -OCH3 is 1. The lowest BCUT2D eigenvalue weighted by atomic mass is 10.2. The monoisotopic (exact) mass is 307 g/mol. The Bertz CT molecular complexity index is 572. The van der Waals surface area contributed by atoms with Crippen molar-refractivity contribution < 1.29 is 23.8 Å². The third kappa shape index (κ3) is 4.65. The third-order valence-electron chi connectivity index (χ3n) is 2.86. The fourth-order valence-electron chi connectivity index (χ4n) is 1.75. The van der Waals surface area contributed by atoms with Gasteiger partial charge in [-0.05, 0) is 51.8 Å². The van der Waals surface area contributed by atoms with Gasteiger partial charge in [0.1, 0.15) is 11.4 Å². The van der Waals surface area contributed by atoms with Crippen LogP contribution in [0.3, 0.4) is 0 Å². The van der Waals surface area contributed by atoms with Crippen molar-refractivity contribution in [3.8, 4) is 5.75 Å². The molecule has 0 heterocycles. The maximum absolute atomic E-state index is 11.9. The van der Waals surface area contributed by atoms with E-state index in [0.29, 0.717) is 17.0 Å². The maximum Gasteiger partial charge on any atom is 0.412 e. The van der Waals surface area contributed by atoms with Crippen molar-refractivity contribution in [1.82, 2.24) is 0 Å². The number of carbonyl (C=O) groups excluding carboxylic acids is 2. The summed E-state index contributed by atoms with van der Waals surface area (Å²) < 4.78 is 15.7. The summed E-state index contributed by atoms with van der Waals surface area (Å²) in [7, 11) is 1.32. The minimum atomic E-state index is -0.590. The molecular formula is C16H21NO5. The summed E-state index contributed by atoms with van der Waals surface area (Å²) in [6.45, 7) is 5.36. The van der Waals surface area contributed by atoms with Crippen LogP contribution in [0.1, 0.15) is 44.0 Å². The highest BCUT2D eigenvalue weighted by Crippen LogP contribution is 2.33. The van der Waals surface area contributed by atoms with E-state index in [-0.39, 0.29) is 6.10 Å². The molecule has 6 nitrogen and oxygen atoms in total. The number of benzene rings is 1. The number of anilines is 1. The maximum atomic E-state index is 11.9. The minimum Gasteiger partial charge on any atom is -0.488 e. The van der Waals surface area contributed by atoms with E-state index in [2.05, 4.69) is 5.32 Å². The van der Waals surface area contributed by atoms with Crippen LogP contribution in [0.15, 0.2) is 18.2 Å². The number of hydrogen-bond donors (Lipinski definition) is 1. The number of rotatable bonds is 4. The number of ether oxygens (including phenoxy) is 3. The zero-order chi connectivity index (χ0) is 16.3. The third-order valence-corrected chi connectivity index (χ3v) is 2.86. The standard InChI is InChI=1S/C16H21NO5/c1-16(2,3)22-15(19)17-12-8-5-10(14(18)20-4)9-13(12)21-11-6-7-11/h5,8-9,11H,6-7H2,1-4H3,(H,17,19). The Kier molecular flexibility index (Phi) is 4.59. The molecule has 1 N–H and O–H groups in total. The second-order valence-corrected chi connectivity index (χ2v) is 6.15. The van der Waals surface area contributed by atoms with Crippen molar-refractivity contribution in [3.05, 3.63) is 23.8 Å². The molecule has 120 valence electrons. The Labute approximate surface area is 129 Å². The van der Waals surface area contributed by atoms with Gasteiger partial charge in [0.25, 0.3) is 0 Å². The van der Waals surface area contributed by atoms with Crippen LogP contribution in [0.4, 0.5) is 10.5 Å². The van der Waals surface area contributed by atoms with Crippen LogP contribution >= 0.6 is 0 Å². The lowest BCUT2D eigenvalue weighted by molar-refractivity contribution is 0.0598. The van der Waals surface area contributed by atoms with Gasteiger partial charge in [0.15, 0.2) is 0 Å². The molecule has 0 saturated heterocycles. The summed E-state index contributed by atoms with van der Waals surface area (Å²) in [5.41, 5.74) is 0.245. The van der Waals surface area contributed by atoms with Crippen LogP contribution in [0.25, 0.3) is 0 Å². The van der Waals surface area contributed by atoms with Gasteiger partial charge in [-0.15, -0.1) is 0 Å². The largest absolute Gasteiger partial charge is 0.488 e. The number of carbonyl (C=O) groups is 2. The first kappa shape index (κ1) is 16.1. The molecule has 1 fully saturated rings. The quantitative estimate of drug-likeness (QED) is 0.863. The normalized spacial score (nSPS) is 14.2. The minimum absolute atomic E-state index is 0.132. The Morgan fingerprint density at radius 1 is 1.23 bits per heavy atom. The molecule has 1 aromatic carbocycles. The average molecular weight is 307 g/mol. The van der Waals surface area contributed by atoms with E-state index in [9.17, 15) is 9.59 Å². The van der Waals surface area contributed by atoms with Gasteiger partial charge >= 0.3 is 12.1 Å². The predicted octanol–water partition coefficient (Wildman–Crippen LogP) is 3.36. The van der Waals surface area contributed by atoms with Crippen molar-refractivity contribution in [2.45, 2.75) is 45.3 Å². The van der Waals surface area contributed by atoms with Crippen molar-refractivity contribution in [3.63, 3.8) is 0 Å². The smallest absolute Gasteiger partial charge is 0.412 e. The fraction of sp³-hybridized carbons (Fsp3) is 0.500. The number of hydrogen-bond acceptors (Lipinski definition) is 5. The van der Waals surface area contributed by atoms with Crippen LogP contribution in [0.5, 0.6) is 5.75 Å². The molecule has 2 rings (SSSR count). The molecule has 6 heteroatoms. The first-order valence-electron chi connectivity index (χ1n) is 7.17. The molecule has 1 aliphatic rings. The zero-order valence-electron chi connectivity index (χ0n) is 13.3. The molecule has 0 aliphatic heterocycles. The summed E-state index contributed by atoms with van der Waals surface area (Å²) in [6, 6.07) is 4.74. The summed E-state index contributed by atoms with van der Waals surface area (Å²) in [5, 5.41) is 2.65. The van der Waals surface area contributed by atoms with Gasteiger partial charge in [0.2, 0.25) is 0 Å². The van der Waals surface area contributed by atoms with E-state index in [1.165, 1.54) is 7.11 Å². The molecule has 1 amide bonds. The Balaban J connectivity index is 2.17. The SMILES string of the molecule is COC(=O)c1ccc(NC(=O)OC(C)(C)C)c(OC2CC2)c1. The Hall–Kier alpha value is -2.24. The fourth-order valence-corrected chi connectivity index (χ4v) is 1.75. The first-order valence-corrected chi connectivity index (χ1v) is 7.17. The van der Waals surface area contributed by atoms with Crippen molar-refractivity contribution in [1.29, 1.82) is 0 Å². The highest BCUT2D eigenvalue weighted by Gasteiger charge is 2.26. The molecular weight excluding hydrogens is 286 g/mol. The van der Waals surface area contributed by atoms with E-state index < -0.39 is 17.7 Å². The van der Waals surface area contributed by atoms with Gasteiger partial charge in [0.05, 0.1) is 24.5 Å². The first-order chi connectivity index (χ1) is 10.3. The summed E-state index contributed by atoms with van der Waals surface area (Å²) >= 11 is 0. The highest BCUT2D eigenvalue weighted by molar-refractivity contribution is 5.93. The molecule has 0 aromatic heterocycles. The molecule has 0 bridgehead atoms. The van der Waals surface area contributed by atoms with Gasteiger partial charge in [0, 0.05) is 0 Å². The van der Waals surface area contributed by atoms with Crippen LogP contribution in [-0.2, 0) is 9.47 Å². The average Bonchev–Trinajstić information content (AvgIpc) is 3.21. The molecule has 1 saturated carbocycles. The predicted molar refractivity (Wildman–Crippen MR) is 81.3 cm³/mol. The summed E-state index contributed by atoms with van der Waals surface area (Å²) in [5.74, 6) is -0.0132. The van der Waals surface area contributed by atoms with E-state index in [0.717, 1.165) is 12.8 Å². The molecule has 0 radical (unpaired) electrons. The van der Waals surface area contributed by atoms with E-state index >= 15 is 0 Å². The zero-order valence-corrected chi connectivity index (χ0v) is 13.3. The van der Waals surface area contributed by atoms with E-state index in [4.69, 9.17) is 14.2 Å². The molecule has 1 aliphatic carbocycles. The number of esters is 1. The second kappa shape index (κ2) is 6.25. The lowest BCUT2D eigenvalue weighted by Gasteiger charge is -2.20. The Morgan fingerprint density at radius 2 is 1.91 bits per heavy atom.